The van der Waals surface area contributed by atoms with Crippen molar-refractivity contribution in [3.05, 3.63) is 29.8 Å². The van der Waals surface area contributed by atoms with E-state index in [4.69, 9.17) is 5.26 Å². The van der Waals surface area contributed by atoms with E-state index in [1.807, 2.05) is 0 Å². The molecule has 100 valence electrons. The molecule has 3 nitrogen and oxygen atoms in total. The molecule has 0 heterocycles. The second-order valence-electron chi connectivity index (χ2n) is 3.62. The number of rotatable bonds is 3. The Morgan fingerprint density at radius 2 is 1.79 bits per heavy atom. The molecule has 0 aliphatic heterocycles. The number of nitrogens with zero attached hydrogens (tertiary/aromatic N) is 1. The van der Waals surface area contributed by atoms with E-state index in [1.165, 1.54) is 0 Å². The highest BCUT2D eigenvalue weighted by molar-refractivity contribution is 8.13. The van der Waals surface area contributed by atoms with E-state index < -0.39 is 28.6 Å². The molecule has 0 aliphatic carbocycles. The molecular weight excluding hydrogens is 279 g/mol. The Labute approximate surface area is 111 Å². The van der Waals surface area contributed by atoms with Crippen LogP contribution in [0.2, 0.25) is 0 Å². The Morgan fingerprint density at radius 1 is 1.26 bits per heavy atom. The number of halogens is 3. The largest absolute Gasteiger partial charge is 0.416 e. The van der Waals surface area contributed by atoms with Crippen LogP contribution in [0.5, 0.6) is 0 Å². The zero-order valence-corrected chi connectivity index (χ0v) is 10.5. The van der Waals surface area contributed by atoms with Gasteiger partial charge in [-0.25, -0.2) is 0 Å². The average Bonchev–Trinajstić information content (AvgIpc) is 2.28. The van der Waals surface area contributed by atoms with Gasteiger partial charge in [0.25, 0.3) is 0 Å². The number of carbonyl (C=O) groups is 2. The molecule has 0 N–H and O–H groups in total. The number of ketones is 1. The third-order valence-electron chi connectivity index (χ3n) is 2.17. The zero-order chi connectivity index (χ0) is 14.6. The van der Waals surface area contributed by atoms with Gasteiger partial charge in [-0.05, 0) is 31.2 Å². The van der Waals surface area contributed by atoms with Crippen LogP contribution in [0.4, 0.5) is 13.2 Å². The number of benzene rings is 1. The molecule has 1 atom stereocenters. The summed E-state index contributed by atoms with van der Waals surface area (Å²) in [6.07, 6.45) is -4.44. The van der Waals surface area contributed by atoms with E-state index in [0.717, 1.165) is 31.2 Å². The van der Waals surface area contributed by atoms with Crippen molar-refractivity contribution >= 4 is 22.7 Å². The van der Waals surface area contributed by atoms with Crippen molar-refractivity contribution in [1.82, 2.24) is 0 Å². The van der Waals surface area contributed by atoms with E-state index in [0.29, 0.717) is 11.8 Å². The number of carbonyl (C=O) groups excluding carboxylic acids is 2. The van der Waals surface area contributed by atoms with E-state index in [-0.39, 0.29) is 4.90 Å². The Hall–Kier alpha value is -1.81. The smallest absolute Gasteiger partial charge is 0.298 e. The van der Waals surface area contributed by atoms with Gasteiger partial charge in [0.2, 0.25) is 5.12 Å². The van der Waals surface area contributed by atoms with Crippen LogP contribution in [0, 0.1) is 17.2 Å². The van der Waals surface area contributed by atoms with Gasteiger partial charge in [0, 0.05) is 4.90 Å². The summed E-state index contributed by atoms with van der Waals surface area (Å²) < 4.78 is 36.9. The van der Waals surface area contributed by atoms with Gasteiger partial charge in [0.05, 0.1) is 11.6 Å². The van der Waals surface area contributed by atoms with Crippen molar-refractivity contribution in [3.63, 3.8) is 0 Å². The predicted octanol–water partition coefficient (Wildman–Crippen LogP) is 3.05. The average molecular weight is 287 g/mol. The number of Topliss-reactive ketones (excluding diaryl/α,β-unsaturated/α-hetero) is 1. The first kappa shape index (κ1) is 15.2. The lowest BCUT2D eigenvalue weighted by molar-refractivity contribution is -0.137. The highest BCUT2D eigenvalue weighted by atomic mass is 32.2. The maximum absolute atomic E-state index is 12.3. The van der Waals surface area contributed by atoms with Gasteiger partial charge < -0.3 is 0 Å². The number of hydrogen-bond donors (Lipinski definition) is 0. The molecule has 0 saturated carbocycles. The highest BCUT2D eigenvalue weighted by Gasteiger charge is 2.30. The van der Waals surface area contributed by atoms with Gasteiger partial charge >= 0.3 is 6.18 Å². The summed E-state index contributed by atoms with van der Waals surface area (Å²) in [5.74, 6) is -1.99. The fourth-order valence-electron chi connectivity index (χ4n) is 1.20. The van der Waals surface area contributed by atoms with Gasteiger partial charge in [-0.15, -0.1) is 0 Å². The lowest BCUT2D eigenvalue weighted by atomic mass is 10.1. The van der Waals surface area contributed by atoms with Crippen LogP contribution in [0.3, 0.4) is 0 Å². The molecule has 0 radical (unpaired) electrons. The summed E-state index contributed by atoms with van der Waals surface area (Å²) in [6.45, 7) is 1.11. The molecule has 1 aromatic rings. The number of thioether (sulfide) groups is 1. The summed E-state index contributed by atoms with van der Waals surface area (Å²) in [6, 6.07) is 5.48. The summed E-state index contributed by atoms with van der Waals surface area (Å²) in [7, 11) is 0. The molecule has 0 bridgehead atoms. The molecule has 1 unspecified atom stereocenters. The summed E-state index contributed by atoms with van der Waals surface area (Å²) >= 11 is 0.574. The molecule has 0 spiro atoms. The zero-order valence-electron chi connectivity index (χ0n) is 9.69. The molecule has 0 saturated heterocycles. The van der Waals surface area contributed by atoms with E-state index in [2.05, 4.69) is 0 Å². The Kier molecular flexibility index (Phi) is 4.72. The molecule has 1 aromatic carbocycles. The van der Waals surface area contributed by atoms with Gasteiger partial charge in [-0.3, -0.25) is 9.59 Å². The number of alkyl halides is 3. The van der Waals surface area contributed by atoms with Gasteiger partial charge in [-0.1, -0.05) is 11.8 Å². The third-order valence-corrected chi connectivity index (χ3v) is 3.12. The summed E-state index contributed by atoms with van der Waals surface area (Å²) in [5.41, 5.74) is -0.826. The normalized spacial score (nSPS) is 12.6. The lowest BCUT2D eigenvalue weighted by Crippen LogP contribution is -2.17. The molecule has 0 aromatic heterocycles. The van der Waals surface area contributed by atoms with Gasteiger partial charge in [-0.2, -0.15) is 18.4 Å². The first-order valence-electron chi connectivity index (χ1n) is 5.04. The minimum Gasteiger partial charge on any atom is -0.298 e. The SMILES string of the molecule is CC(=O)C(C#N)C(=O)Sc1ccc(C(F)(F)F)cc1. The van der Waals surface area contributed by atoms with Gasteiger partial charge in [0.15, 0.2) is 11.7 Å². The molecular formula is C12H8F3NO2S. The van der Waals surface area contributed by atoms with Crippen molar-refractivity contribution in [2.24, 2.45) is 5.92 Å². The fraction of sp³-hybridized carbons (Fsp3) is 0.250. The topological polar surface area (TPSA) is 57.9 Å². The number of hydrogen-bond acceptors (Lipinski definition) is 4. The van der Waals surface area contributed by atoms with Crippen LogP contribution in [0.15, 0.2) is 29.2 Å². The van der Waals surface area contributed by atoms with Crippen molar-refractivity contribution in [2.45, 2.75) is 18.0 Å². The molecule has 0 amide bonds. The van der Waals surface area contributed by atoms with Crippen LogP contribution in [-0.2, 0) is 15.8 Å². The molecule has 0 aliphatic rings. The Balaban J connectivity index is 2.82. The van der Waals surface area contributed by atoms with Crippen molar-refractivity contribution in [3.8, 4) is 6.07 Å². The van der Waals surface area contributed by atoms with Crippen molar-refractivity contribution in [2.75, 3.05) is 0 Å². The summed E-state index contributed by atoms with van der Waals surface area (Å²) in [5, 5.41) is 7.94. The van der Waals surface area contributed by atoms with Crippen LogP contribution in [0.25, 0.3) is 0 Å². The van der Waals surface area contributed by atoms with Crippen molar-refractivity contribution < 1.29 is 22.8 Å². The molecule has 1 rings (SSSR count). The maximum Gasteiger partial charge on any atom is 0.416 e. The summed E-state index contributed by atoms with van der Waals surface area (Å²) in [4.78, 5) is 22.8. The van der Waals surface area contributed by atoms with E-state index >= 15 is 0 Å². The van der Waals surface area contributed by atoms with Crippen LogP contribution in [-0.4, -0.2) is 10.9 Å². The second-order valence-corrected chi connectivity index (χ2v) is 4.69. The van der Waals surface area contributed by atoms with E-state index in [9.17, 15) is 22.8 Å². The van der Waals surface area contributed by atoms with Crippen LogP contribution in [0.1, 0.15) is 12.5 Å². The molecule has 7 heteroatoms. The van der Waals surface area contributed by atoms with E-state index in [1.54, 1.807) is 6.07 Å². The first-order chi connectivity index (χ1) is 8.75. The predicted molar refractivity (Wildman–Crippen MR) is 62.1 cm³/mol. The lowest BCUT2D eigenvalue weighted by Gasteiger charge is -2.07. The monoisotopic (exact) mass is 287 g/mol. The van der Waals surface area contributed by atoms with Crippen LogP contribution < -0.4 is 0 Å². The number of nitriles is 1. The minimum absolute atomic E-state index is 0.250. The highest BCUT2D eigenvalue weighted by Crippen LogP contribution is 2.31. The fourth-order valence-corrected chi connectivity index (χ4v) is 2.04. The Morgan fingerprint density at radius 3 is 2.16 bits per heavy atom. The third kappa shape index (κ3) is 4.10. The standard InChI is InChI=1S/C12H8F3NO2S/c1-7(17)10(6-16)11(18)19-9-4-2-8(3-5-9)12(13,14)15/h2-5,10H,1H3. The maximum atomic E-state index is 12.3. The first-order valence-corrected chi connectivity index (χ1v) is 5.86. The second kappa shape index (κ2) is 5.89. The van der Waals surface area contributed by atoms with Gasteiger partial charge in [0.1, 0.15) is 0 Å². The molecule has 19 heavy (non-hydrogen) atoms. The quantitative estimate of drug-likeness (QED) is 0.633. The van der Waals surface area contributed by atoms with Crippen molar-refractivity contribution in [1.29, 1.82) is 5.26 Å². The minimum atomic E-state index is -4.44. The van der Waals surface area contributed by atoms with Crippen LogP contribution >= 0.6 is 11.8 Å². The molecule has 0 fully saturated rings. The Bertz CT molecular complexity index is 531.